The minimum Gasteiger partial charge on any atom is -0.340 e. The molecular weight excluding hydrogens is 192 g/mol. The van der Waals surface area contributed by atoms with Gasteiger partial charge in [0.2, 0.25) is 0 Å². The van der Waals surface area contributed by atoms with Crippen LogP contribution in [0.3, 0.4) is 0 Å². The van der Waals surface area contributed by atoms with E-state index in [9.17, 15) is 4.79 Å². The van der Waals surface area contributed by atoms with E-state index in [1.54, 1.807) is 31.1 Å². The number of rotatable bonds is 3. The molecule has 0 bridgehead atoms. The first kappa shape index (κ1) is 11.2. The molecule has 5 nitrogen and oxygen atoms in total. The molecule has 5 heteroatoms. The Morgan fingerprint density at radius 1 is 1.80 bits per heavy atom. The number of nitrogens with zero attached hydrogens (tertiary/aromatic N) is 4. The summed E-state index contributed by atoms with van der Waals surface area (Å²) in [6.07, 6.45) is 3.24. The van der Waals surface area contributed by atoms with Crippen LogP contribution < -0.4 is 0 Å². The second kappa shape index (κ2) is 4.60. The van der Waals surface area contributed by atoms with Gasteiger partial charge < -0.3 is 9.47 Å². The first-order valence-corrected chi connectivity index (χ1v) is 4.67. The summed E-state index contributed by atoms with van der Waals surface area (Å²) < 4.78 is 1.72. The van der Waals surface area contributed by atoms with Gasteiger partial charge in [0.15, 0.2) is 0 Å². The quantitative estimate of drug-likeness (QED) is 0.729. The van der Waals surface area contributed by atoms with Gasteiger partial charge in [0.05, 0.1) is 18.3 Å². The predicted octanol–water partition coefficient (Wildman–Crippen LogP) is 0.652. The molecule has 1 unspecified atom stereocenters. The third-order valence-corrected chi connectivity index (χ3v) is 2.04. The second-order valence-corrected chi connectivity index (χ2v) is 3.64. The highest BCUT2D eigenvalue weighted by molar-refractivity contribution is 5.91. The van der Waals surface area contributed by atoms with Crippen LogP contribution in [0.15, 0.2) is 12.5 Å². The smallest absolute Gasteiger partial charge is 0.273 e. The lowest BCUT2D eigenvalue weighted by atomic mass is 10.2. The van der Waals surface area contributed by atoms with Crippen molar-refractivity contribution >= 4 is 5.91 Å². The highest BCUT2D eigenvalue weighted by Crippen LogP contribution is 2.03. The summed E-state index contributed by atoms with van der Waals surface area (Å²) in [5.41, 5.74) is 0.408. The number of hydrogen-bond donors (Lipinski definition) is 0. The largest absolute Gasteiger partial charge is 0.340 e. The number of carbonyl (C=O) groups excluding carboxylic acids is 1. The van der Waals surface area contributed by atoms with Crippen LogP contribution in [0.4, 0.5) is 0 Å². The Hall–Kier alpha value is -1.83. The summed E-state index contributed by atoms with van der Waals surface area (Å²) >= 11 is 0. The molecule has 0 radical (unpaired) electrons. The molecule has 0 N–H and O–H groups in total. The van der Waals surface area contributed by atoms with E-state index in [2.05, 4.69) is 11.1 Å². The van der Waals surface area contributed by atoms with Gasteiger partial charge >= 0.3 is 0 Å². The monoisotopic (exact) mass is 206 g/mol. The van der Waals surface area contributed by atoms with Gasteiger partial charge in [-0.15, -0.1) is 0 Å². The van der Waals surface area contributed by atoms with Crippen molar-refractivity contribution in [2.75, 3.05) is 13.6 Å². The molecule has 1 heterocycles. The molecule has 1 aromatic heterocycles. The van der Waals surface area contributed by atoms with Crippen LogP contribution in [-0.4, -0.2) is 34.0 Å². The molecule has 0 fully saturated rings. The Balaban J connectivity index is 2.65. The molecule has 0 saturated carbocycles. The van der Waals surface area contributed by atoms with Crippen molar-refractivity contribution in [2.24, 2.45) is 13.0 Å². The lowest BCUT2D eigenvalue weighted by Gasteiger charge is -2.16. The van der Waals surface area contributed by atoms with Crippen molar-refractivity contribution in [1.29, 1.82) is 5.26 Å². The summed E-state index contributed by atoms with van der Waals surface area (Å²) in [6, 6.07) is 2.09. The Bertz CT molecular complexity index is 390. The zero-order valence-corrected chi connectivity index (χ0v) is 9.14. The number of amides is 1. The molecule has 15 heavy (non-hydrogen) atoms. The SMILES string of the molecule is CC(C#N)CN(C)C(=O)c1cn(C)cn1. The van der Waals surface area contributed by atoms with Gasteiger partial charge in [-0.2, -0.15) is 5.26 Å². The number of nitriles is 1. The topological polar surface area (TPSA) is 61.9 Å². The maximum atomic E-state index is 11.8. The van der Waals surface area contributed by atoms with Crippen molar-refractivity contribution < 1.29 is 4.79 Å². The fourth-order valence-corrected chi connectivity index (χ4v) is 1.25. The van der Waals surface area contributed by atoms with E-state index < -0.39 is 0 Å². The molecule has 80 valence electrons. The zero-order valence-electron chi connectivity index (χ0n) is 9.14. The molecule has 1 aromatic rings. The van der Waals surface area contributed by atoms with Gasteiger partial charge in [-0.1, -0.05) is 0 Å². The van der Waals surface area contributed by atoms with Crippen LogP contribution in [-0.2, 0) is 7.05 Å². The third kappa shape index (κ3) is 2.81. The lowest BCUT2D eigenvalue weighted by Crippen LogP contribution is -2.30. The number of aromatic nitrogens is 2. The summed E-state index contributed by atoms with van der Waals surface area (Å²) in [5.74, 6) is -0.319. The summed E-state index contributed by atoms with van der Waals surface area (Å²) in [6.45, 7) is 2.20. The van der Waals surface area contributed by atoms with Crippen LogP contribution in [0.1, 0.15) is 17.4 Å². The molecule has 1 rings (SSSR count). The van der Waals surface area contributed by atoms with Gasteiger partial charge in [-0.3, -0.25) is 4.79 Å². The molecule has 0 aromatic carbocycles. The molecule has 0 aliphatic heterocycles. The van der Waals surface area contributed by atoms with Gasteiger partial charge in [-0.05, 0) is 6.92 Å². The van der Waals surface area contributed by atoms with Crippen molar-refractivity contribution in [3.05, 3.63) is 18.2 Å². The Labute approximate surface area is 88.9 Å². The Morgan fingerprint density at radius 3 is 2.93 bits per heavy atom. The van der Waals surface area contributed by atoms with Gasteiger partial charge in [0.1, 0.15) is 5.69 Å². The van der Waals surface area contributed by atoms with Gasteiger partial charge in [-0.25, -0.2) is 4.98 Å². The second-order valence-electron chi connectivity index (χ2n) is 3.64. The minimum absolute atomic E-state index is 0.155. The summed E-state index contributed by atoms with van der Waals surface area (Å²) in [5, 5.41) is 8.63. The van der Waals surface area contributed by atoms with E-state index in [-0.39, 0.29) is 11.8 Å². The first-order valence-electron chi connectivity index (χ1n) is 4.67. The number of carbonyl (C=O) groups is 1. The zero-order chi connectivity index (χ0) is 11.4. The molecule has 0 saturated heterocycles. The van der Waals surface area contributed by atoms with E-state index in [4.69, 9.17) is 5.26 Å². The molecule has 0 aliphatic rings. The van der Waals surface area contributed by atoms with E-state index in [1.165, 1.54) is 4.90 Å². The van der Waals surface area contributed by atoms with Crippen LogP contribution in [0.25, 0.3) is 0 Å². The molecular formula is C10H14N4O. The standard InChI is InChI=1S/C10H14N4O/c1-8(4-11)5-14(3)10(15)9-6-13(2)7-12-9/h6-8H,5H2,1-3H3. The highest BCUT2D eigenvalue weighted by Gasteiger charge is 2.15. The number of imidazole rings is 1. The number of aryl methyl sites for hydroxylation is 1. The fraction of sp³-hybridized carbons (Fsp3) is 0.500. The summed E-state index contributed by atoms with van der Waals surface area (Å²) in [4.78, 5) is 17.2. The third-order valence-electron chi connectivity index (χ3n) is 2.04. The van der Waals surface area contributed by atoms with Crippen LogP contribution in [0, 0.1) is 17.2 Å². The molecule has 1 amide bonds. The molecule has 0 aliphatic carbocycles. The van der Waals surface area contributed by atoms with Crippen molar-refractivity contribution in [3.8, 4) is 6.07 Å². The minimum atomic E-state index is -0.164. The molecule has 0 spiro atoms. The van der Waals surface area contributed by atoms with E-state index in [0.717, 1.165) is 0 Å². The maximum Gasteiger partial charge on any atom is 0.273 e. The van der Waals surface area contributed by atoms with Crippen LogP contribution in [0.2, 0.25) is 0 Å². The van der Waals surface area contributed by atoms with Crippen molar-refractivity contribution in [1.82, 2.24) is 14.5 Å². The van der Waals surface area contributed by atoms with Gasteiger partial charge in [0.25, 0.3) is 5.91 Å². The van der Waals surface area contributed by atoms with E-state index in [0.29, 0.717) is 12.2 Å². The lowest BCUT2D eigenvalue weighted by molar-refractivity contribution is 0.0780. The van der Waals surface area contributed by atoms with E-state index in [1.807, 2.05) is 7.05 Å². The summed E-state index contributed by atoms with van der Waals surface area (Å²) in [7, 11) is 3.48. The van der Waals surface area contributed by atoms with Crippen LogP contribution >= 0.6 is 0 Å². The van der Waals surface area contributed by atoms with Crippen molar-refractivity contribution in [2.45, 2.75) is 6.92 Å². The average molecular weight is 206 g/mol. The Morgan fingerprint density at radius 2 is 2.47 bits per heavy atom. The number of hydrogen-bond acceptors (Lipinski definition) is 3. The molecule has 1 atom stereocenters. The van der Waals surface area contributed by atoms with Crippen LogP contribution in [0.5, 0.6) is 0 Å². The Kier molecular flexibility index (Phi) is 3.45. The van der Waals surface area contributed by atoms with Crippen molar-refractivity contribution in [3.63, 3.8) is 0 Å². The fourth-order valence-electron chi connectivity index (χ4n) is 1.25. The normalized spacial score (nSPS) is 11.9. The van der Waals surface area contributed by atoms with E-state index >= 15 is 0 Å². The predicted molar refractivity (Wildman–Crippen MR) is 54.9 cm³/mol. The average Bonchev–Trinajstić information content (AvgIpc) is 2.63. The highest BCUT2D eigenvalue weighted by atomic mass is 16.2. The first-order chi connectivity index (χ1) is 7.04. The van der Waals surface area contributed by atoms with Gasteiger partial charge in [0, 0.05) is 26.8 Å². The maximum absolute atomic E-state index is 11.8.